The second-order valence-corrected chi connectivity index (χ2v) is 3.92. The minimum atomic E-state index is -0.154. The predicted octanol–water partition coefficient (Wildman–Crippen LogP) is 0.787. The lowest BCUT2D eigenvalue weighted by Crippen LogP contribution is -2.26. The quantitative estimate of drug-likeness (QED) is 0.826. The fourth-order valence-corrected chi connectivity index (χ4v) is 1.54. The van der Waals surface area contributed by atoms with E-state index in [4.69, 9.17) is 4.52 Å². The summed E-state index contributed by atoms with van der Waals surface area (Å²) in [5.41, 5.74) is 0.559. The molecule has 2 N–H and O–H groups in total. The van der Waals surface area contributed by atoms with Gasteiger partial charge in [0, 0.05) is 38.7 Å². The molecule has 0 bridgehead atoms. The van der Waals surface area contributed by atoms with Gasteiger partial charge in [0.2, 0.25) is 5.89 Å². The molecule has 2 aromatic heterocycles. The molecule has 0 saturated carbocycles. The third-order valence-corrected chi connectivity index (χ3v) is 2.48. The van der Waals surface area contributed by atoms with E-state index in [9.17, 15) is 4.79 Å². The van der Waals surface area contributed by atoms with Gasteiger partial charge in [0.25, 0.3) is 5.91 Å². The summed E-state index contributed by atoms with van der Waals surface area (Å²) in [5.74, 6) is 1.61. The number of amides is 1. The summed E-state index contributed by atoms with van der Waals surface area (Å²) in [6, 6.07) is 3.35. The molecule has 0 aliphatic rings. The lowest BCUT2D eigenvalue weighted by atomic mass is 10.2. The summed E-state index contributed by atoms with van der Waals surface area (Å²) in [6.45, 7) is 2.18. The first kappa shape index (κ1) is 13.0. The molecule has 0 aliphatic heterocycles. The third-order valence-electron chi connectivity index (χ3n) is 2.48. The van der Waals surface area contributed by atoms with Crippen molar-refractivity contribution in [2.24, 2.45) is 0 Å². The van der Waals surface area contributed by atoms with Gasteiger partial charge >= 0.3 is 0 Å². The molecule has 19 heavy (non-hydrogen) atoms. The summed E-state index contributed by atoms with van der Waals surface area (Å²) in [7, 11) is 1.75. The van der Waals surface area contributed by atoms with Crippen molar-refractivity contribution in [2.45, 2.75) is 13.3 Å². The Morgan fingerprint density at radius 3 is 3.00 bits per heavy atom. The standard InChI is InChI=1S/C12H15N5O2/c1-8-16-10(17-19-8)4-6-15-12(18)9-3-5-14-11(7-9)13-2/h3,5,7H,4,6H2,1-2H3,(H,13,14)(H,15,18). The average Bonchev–Trinajstić information content (AvgIpc) is 2.84. The van der Waals surface area contributed by atoms with E-state index in [0.717, 1.165) is 0 Å². The van der Waals surface area contributed by atoms with Crippen LogP contribution in [0, 0.1) is 6.92 Å². The molecule has 0 fully saturated rings. The van der Waals surface area contributed by atoms with E-state index in [1.54, 1.807) is 32.3 Å². The van der Waals surface area contributed by atoms with Crippen molar-refractivity contribution in [3.63, 3.8) is 0 Å². The number of anilines is 1. The van der Waals surface area contributed by atoms with Crippen molar-refractivity contribution in [1.29, 1.82) is 0 Å². The smallest absolute Gasteiger partial charge is 0.251 e. The van der Waals surface area contributed by atoms with Crippen molar-refractivity contribution >= 4 is 11.7 Å². The Labute approximate surface area is 110 Å². The van der Waals surface area contributed by atoms with E-state index < -0.39 is 0 Å². The lowest BCUT2D eigenvalue weighted by molar-refractivity contribution is 0.0954. The first-order valence-electron chi connectivity index (χ1n) is 5.90. The van der Waals surface area contributed by atoms with Gasteiger partial charge in [0.05, 0.1) is 0 Å². The molecular formula is C12H15N5O2. The Morgan fingerprint density at radius 2 is 2.32 bits per heavy atom. The van der Waals surface area contributed by atoms with Crippen LogP contribution < -0.4 is 10.6 Å². The van der Waals surface area contributed by atoms with E-state index in [-0.39, 0.29) is 5.91 Å². The number of hydrogen-bond donors (Lipinski definition) is 2. The highest BCUT2D eigenvalue weighted by atomic mass is 16.5. The summed E-state index contributed by atoms with van der Waals surface area (Å²) >= 11 is 0. The maximum Gasteiger partial charge on any atom is 0.251 e. The summed E-state index contributed by atoms with van der Waals surface area (Å²) < 4.78 is 4.85. The molecule has 0 atom stereocenters. The van der Waals surface area contributed by atoms with Gasteiger partial charge in [-0.1, -0.05) is 5.16 Å². The number of carbonyl (C=O) groups excluding carboxylic acids is 1. The van der Waals surface area contributed by atoms with Crippen LogP contribution in [0.1, 0.15) is 22.1 Å². The summed E-state index contributed by atoms with van der Waals surface area (Å²) in [4.78, 5) is 20.0. The van der Waals surface area contributed by atoms with Gasteiger partial charge in [0.15, 0.2) is 5.82 Å². The molecule has 7 heteroatoms. The molecule has 2 heterocycles. The van der Waals surface area contributed by atoms with Crippen LogP contribution in [0.25, 0.3) is 0 Å². The monoisotopic (exact) mass is 261 g/mol. The fourth-order valence-electron chi connectivity index (χ4n) is 1.54. The molecule has 0 aliphatic carbocycles. The van der Waals surface area contributed by atoms with Gasteiger partial charge < -0.3 is 15.2 Å². The normalized spacial score (nSPS) is 10.2. The zero-order chi connectivity index (χ0) is 13.7. The number of hydrogen-bond acceptors (Lipinski definition) is 6. The highest BCUT2D eigenvalue weighted by Gasteiger charge is 2.07. The molecule has 100 valence electrons. The van der Waals surface area contributed by atoms with Crippen LogP contribution in [-0.2, 0) is 6.42 Å². The molecule has 1 amide bonds. The largest absolute Gasteiger partial charge is 0.373 e. The highest BCUT2D eigenvalue weighted by Crippen LogP contribution is 2.05. The number of rotatable bonds is 5. The zero-order valence-corrected chi connectivity index (χ0v) is 10.8. The van der Waals surface area contributed by atoms with Gasteiger partial charge in [-0.05, 0) is 12.1 Å². The topological polar surface area (TPSA) is 92.9 Å². The maximum atomic E-state index is 11.9. The highest BCUT2D eigenvalue weighted by molar-refractivity contribution is 5.94. The summed E-state index contributed by atoms with van der Waals surface area (Å²) in [5, 5.41) is 9.43. The van der Waals surface area contributed by atoms with Crippen LogP contribution in [0.15, 0.2) is 22.9 Å². The van der Waals surface area contributed by atoms with E-state index in [0.29, 0.717) is 36.1 Å². The second-order valence-electron chi connectivity index (χ2n) is 3.92. The van der Waals surface area contributed by atoms with Gasteiger partial charge in [-0.15, -0.1) is 0 Å². The van der Waals surface area contributed by atoms with Crippen molar-refractivity contribution in [2.75, 3.05) is 18.9 Å². The molecule has 0 spiro atoms. The van der Waals surface area contributed by atoms with Gasteiger partial charge in [-0.2, -0.15) is 4.98 Å². The Morgan fingerprint density at radius 1 is 1.47 bits per heavy atom. The predicted molar refractivity (Wildman–Crippen MR) is 68.9 cm³/mol. The first-order valence-corrected chi connectivity index (χ1v) is 5.90. The molecular weight excluding hydrogens is 246 g/mol. The number of carbonyl (C=O) groups is 1. The summed E-state index contributed by atoms with van der Waals surface area (Å²) in [6.07, 6.45) is 2.12. The third kappa shape index (κ3) is 3.51. The van der Waals surface area contributed by atoms with Crippen LogP contribution in [-0.4, -0.2) is 34.6 Å². The van der Waals surface area contributed by atoms with E-state index in [2.05, 4.69) is 25.8 Å². The minimum Gasteiger partial charge on any atom is -0.373 e. The van der Waals surface area contributed by atoms with E-state index in [1.165, 1.54) is 0 Å². The zero-order valence-electron chi connectivity index (χ0n) is 10.8. The molecule has 0 aromatic carbocycles. The SMILES string of the molecule is CNc1cc(C(=O)NCCc2noc(C)n2)ccn1. The van der Waals surface area contributed by atoms with Gasteiger partial charge in [0.1, 0.15) is 5.82 Å². The van der Waals surface area contributed by atoms with Crippen molar-refractivity contribution < 1.29 is 9.32 Å². The molecule has 0 radical (unpaired) electrons. The number of aromatic nitrogens is 3. The lowest BCUT2D eigenvalue weighted by Gasteiger charge is -2.05. The van der Waals surface area contributed by atoms with E-state index >= 15 is 0 Å². The van der Waals surface area contributed by atoms with Crippen LogP contribution in [0.4, 0.5) is 5.82 Å². The van der Waals surface area contributed by atoms with Crippen LogP contribution >= 0.6 is 0 Å². The van der Waals surface area contributed by atoms with E-state index in [1.807, 2.05) is 0 Å². The molecule has 2 rings (SSSR count). The Balaban J connectivity index is 1.87. The number of nitrogens with one attached hydrogen (secondary N) is 2. The first-order chi connectivity index (χ1) is 9.19. The van der Waals surface area contributed by atoms with Crippen molar-refractivity contribution in [1.82, 2.24) is 20.4 Å². The van der Waals surface area contributed by atoms with Crippen molar-refractivity contribution in [3.8, 4) is 0 Å². The Hall–Kier alpha value is -2.44. The van der Waals surface area contributed by atoms with Gasteiger partial charge in [-0.25, -0.2) is 4.98 Å². The Kier molecular flexibility index (Phi) is 4.07. The number of pyridine rings is 1. The molecule has 2 aromatic rings. The average molecular weight is 261 g/mol. The number of aryl methyl sites for hydroxylation is 1. The number of nitrogens with zero attached hydrogens (tertiary/aromatic N) is 3. The van der Waals surface area contributed by atoms with Crippen LogP contribution in [0.2, 0.25) is 0 Å². The van der Waals surface area contributed by atoms with Crippen LogP contribution in [0.5, 0.6) is 0 Å². The minimum absolute atomic E-state index is 0.154. The molecule has 7 nitrogen and oxygen atoms in total. The second kappa shape index (κ2) is 5.94. The fraction of sp³-hybridized carbons (Fsp3) is 0.333. The van der Waals surface area contributed by atoms with Crippen LogP contribution in [0.3, 0.4) is 0 Å². The molecule has 0 saturated heterocycles. The Bertz CT molecular complexity index is 567. The van der Waals surface area contributed by atoms with Gasteiger partial charge in [-0.3, -0.25) is 4.79 Å². The maximum absolute atomic E-state index is 11.9. The molecule has 0 unspecified atom stereocenters. The van der Waals surface area contributed by atoms with Crippen molar-refractivity contribution in [3.05, 3.63) is 35.6 Å².